The molecule has 0 bridgehead atoms. The van der Waals surface area contributed by atoms with Crippen LogP contribution >= 0.6 is 15.9 Å². The molecule has 1 aromatic carbocycles. The summed E-state index contributed by atoms with van der Waals surface area (Å²) in [5, 5.41) is 12.0. The second-order valence-electron chi connectivity index (χ2n) is 5.27. The van der Waals surface area contributed by atoms with Gasteiger partial charge < -0.3 is 10.4 Å². The number of carboxylic acids is 1. The highest BCUT2D eigenvalue weighted by Gasteiger charge is 2.27. The minimum Gasteiger partial charge on any atom is -0.481 e. The number of hydrogen-bond donors (Lipinski definition) is 2. The summed E-state index contributed by atoms with van der Waals surface area (Å²) in [7, 11) is 0. The van der Waals surface area contributed by atoms with Crippen LogP contribution < -0.4 is 5.32 Å². The number of aliphatic carboxylic acids is 1. The first kappa shape index (κ1) is 15.0. The van der Waals surface area contributed by atoms with E-state index in [-0.39, 0.29) is 17.9 Å². The quantitative estimate of drug-likeness (QED) is 0.886. The molecule has 0 radical (unpaired) electrons. The molecule has 20 heavy (non-hydrogen) atoms. The summed E-state index contributed by atoms with van der Waals surface area (Å²) in [6.07, 6.45) is 3.31. The number of nitrogens with one attached hydrogen (secondary N) is 1. The van der Waals surface area contributed by atoms with Crippen molar-refractivity contribution in [3.8, 4) is 0 Å². The number of rotatable bonds is 4. The number of amides is 1. The van der Waals surface area contributed by atoms with E-state index in [0.717, 1.165) is 22.9 Å². The highest BCUT2D eigenvalue weighted by Crippen LogP contribution is 2.24. The molecule has 1 aromatic rings. The van der Waals surface area contributed by atoms with Gasteiger partial charge in [-0.2, -0.15) is 0 Å². The maximum Gasteiger partial charge on any atom is 0.306 e. The molecule has 2 rings (SSSR count). The lowest BCUT2D eigenvalue weighted by atomic mass is 9.85. The fourth-order valence-corrected chi connectivity index (χ4v) is 3.10. The van der Waals surface area contributed by atoms with Gasteiger partial charge in [0, 0.05) is 10.5 Å². The summed E-state index contributed by atoms with van der Waals surface area (Å²) in [5.41, 5.74) is 0.947. The fraction of sp³-hybridized carbons (Fsp3) is 0.467. The van der Waals surface area contributed by atoms with Crippen molar-refractivity contribution in [1.82, 2.24) is 5.32 Å². The standard InChI is InChI=1S/C15H18BrNO3/c16-12-5-1-3-10(7-12)8-14(18)17-13-6-2-4-11(9-13)15(19)20/h1,3,5,7,11,13H,2,4,6,8-9H2,(H,17,18)(H,19,20). The third kappa shape index (κ3) is 4.34. The van der Waals surface area contributed by atoms with Gasteiger partial charge in [-0.1, -0.05) is 34.5 Å². The third-order valence-corrected chi connectivity index (χ3v) is 4.14. The number of benzene rings is 1. The predicted octanol–water partition coefficient (Wildman–Crippen LogP) is 2.75. The number of halogens is 1. The van der Waals surface area contributed by atoms with Gasteiger partial charge in [-0.25, -0.2) is 0 Å². The van der Waals surface area contributed by atoms with Gasteiger partial charge in [-0.15, -0.1) is 0 Å². The molecule has 2 N–H and O–H groups in total. The smallest absolute Gasteiger partial charge is 0.306 e. The molecule has 4 nitrogen and oxygen atoms in total. The molecule has 2 atom stereocenters. The van der Waals surface area contributed by atoms with E-state index in [9.17, 15) is 9.59 Å². The first-order chi connectivity index (χ1) is 9.54. The van der Waals surface area contributed by atoms with Crippen molar-refractivity contribution in [3.05, 3.63) is 34.3 Å². The zero-order chi connectivity index (χ0) is 14.5. The monoisotopic (exact) mass is 339 g/mol. The normalized spacial score (nSPS) is 22.2. The molecule has 0 aliphatic heterocycles. The summed E-state index contributed by atoms with van der Waals surface area (Å²) in [6, 6.07) is 7.63. The Balaban J connectivity index is 1.86. The lowest BCUT2D eigenvalue weighted by Gasteiger charge is -2.27. The third-order valence-electron chi connectivity index (χ3n) is 3.64. The average molecular weight is 340 g/mol. The number of hydrogen-bond acceptors (Lipinski definition) is 2. The van der Waals surface area contributed by atoms with Crippen LogP contribution in [0.2, 0.25) is 0 Å². The molecular weight excluding hydrogens is 322 g/mol. The molecule has 1 aliphatic rings. The molecule has 0 heterocycles. The van der Waals surface area contributed by atoms with Crippen molar-refractivity contribution in [3.63, 3.8) is 0 Å². The van der Waals surface area contributed by atoms with Gasteiger partial charge in [0.1, 0.15) is 0 Å². The van der Waals surface area contributed by atoms with Crippen molar-refractivity contribution in [1.29, 1.82) is 0 Å². The molecule has 0 spiro atoms. The van der Waals surface area contributed by atoms with Crippen molar-refractivity contribution in [2.45, 2.75) is 38.1 Å². The molecule has 1 saturated carbocycles. The summed E-state index contributed by atoms with van der Waals surface area (Å²) in [6.45, 7) is 0. The minimum absolute atomic E-state index is 0.00972. The van der Waals surface area contributed by atoms with E-state index in [1.165, 1.54) is 0 Å². The van der Waals surface area contributed by atoms with Crippen LogP contribution in [0.3, 0.4) is 0 Å². The van der Waals surface area contributed by atoms with Crippen LogP contribution in [0.5, 0.6) is 0 Å². The zero-order valence-corrected chi connectivity index (χ0v) is 12.7. The van der Waals surface area contributed by atoms with Gasteiger partial charge >= 0.3 is 5.97 Å². The second kappa shape index (κ2) is 6.88. The van der Waals surface area contributed by atoms with Crippen LogP contribution in [0, 0.1) is 5.92 Å². The Labute approximate surface area is 126 Å². The maximum atomic E-state index is 12.0. The molecule has 1 amide bonds. The molecule has 108 valence electrons. The molecule has 2 unspecified atom stereocenters. The first-order valence-corrected chi connectivity index (χ1v) is 7.60. The Kier molecular flexibility index (Phi) is 5.17. The van der Waals surface area contributed by atoms with E-state index in [1.54, 1.807) is 0 Å². The summed E-state index contributed by atoms with van der Waals surface area (Å²) >= 11 is 3.38. The van der Waals surface area contributed by atoms with E-state index in [4.69, 9.17) is 5.11 Å². The van der Waals surface area contributed by atoms with Crippen molar-refractivity contribution < 1.29 is 14.7 Å². The molecule has 1 aliphatic carbocycles. The molecule has 1 fully saturated rings. The second-order valence-corrected chi connectivity index (χ2v) is 6.19. The van der Waals surface area contributed by atoms with Gasteiger partial charge in [0.25, 0.3) is 0 Å². The summed E-state index contributed by atoms with van der Waals surface area (Å²) in [5.74, 6) is -1.12. The zero-order valence-electron chi connectivity index (χ0n) is 11.1. The van der Waals surface area contributed by atoms with Crippen molar-refractivity contribution in [2.24, 2.45) is 5.92 Å². The Hall–Kier alpha value is -1.36. The van der Waals surface area contributed by atoms with E-state index >= 15 is 0 Å². The van der Waals surface area contributed by atoms with E-state index in [0.29, 0.717) is 19.3 Å². The highest BCUT2D eigenvalue weighted by atomic mass is 79.9. The van der Waals surface area contributed by atoms with Crippen LogP contribution in [-0.4, -0.2) is 23.0 Å². The van der Waals surface area contributed by atoms with Gasteiger partial charge in [0.05, 0.1) is 12.3 Å². The lowest BCUT2D eigenvalue weighted by Crippen LogP contribution is -2.40. The molecular formula is C15H18BrNO3. The molecule has 5 heteroatoms. The van der Waals surface area contributed by atoms with Gasteiger partial charge in [0.2, 0.25) is 5.91 Å². The number of carbonyl (C=O) groups is 2. The predicted molar refractivity (Wildman–Crippen MR) is 79.4 cm³/mol. The molecule has 0 aromatic heterocycles. The van der Waals surface area contributed by atoms with E-state index < -0.39 is 5.97 Å². The topological polar surface area (TPSA) is 66.4 Å². The van der Waals surface area contributed by atoms with E-state index in [1.807, 2.05) is 24.3 Å². The summed E-state index contributed by atoms with van der Waals surface area (Å²) in [4.78, 5) is 23.0. The molecule has 0 saturated heterocycles. The summed E-state index contributed by atoms with van der Waals surface area (Å²) < 4.78 is 0.950. The fourth-order valence-electron chi connectivity index (χ4n) is 2.66. The Bertz CT molecular complexity index is 504. The Morgan fingerprint density at radius 3 is 2.85 bits per heavy atom. The lowest BCUT2D eigenvalue weighted by molar-refractivity contribution is -0.143. The Morgan fingerprint density at radius 2 is 2.15 bits per heavy atom. The van der Waals surface area contributed by atoms with Gasteiger partial charge in [0.15, 0.2) is 0 Å². The van der Waals surface area contributed by atoms with Gasteiger partial charge in [-0.05, 0) is 37.0 Å². The van der Waals surface area contributed by atoms with Crippen LogP contribution in [0.15, 0.2) is 28.7 Å². The first-order valence-electron chi connectivity index (χ1n) is 6.81. The van der Waals surface area contributed by atoms with E-state index in [2.05, 4.69) is 21.2 Å². The van der Waals surface area contributed by atoms with Crippen LogP contribution in [0.4, 0.5) is 0 Å². The van der Waals surface area contributed by atoms with Crippen LogP contribution in [0.25, 0.3) is 0 Å². The van der Waals surface area contributed by atoms with Crippen molar-refractivity contribution in [2.75, 3.05) is 0 Å². The minimum atomic E-state index is -0.754. The SMILES string of the molecule is O=C(Cc1cccc(Br)c1)NC1CCCC(C(=O)O)C1. The van der Waals surface area contributed by atoms with Crippen LogP contribution in [0.1, 0.15) is 31.2 Å². The number of carboxylic acid groups (broad SMARTS) is 1. The Morgan fingerprint density at radius 1 is 1.35 bits per heavy atom. The van der Waals surface area contributed by atoms with Crippen LogP contribution in [-0.2, 0) is 16.0 Å². The highest BCUT2D eigenvalue weighted by molar-refractivity contribution is 9.10. The average Bonchev–Trinajstić information content (AvgIpc) is 2.38. The number of carbonyl (C=O) groups excluding carboxylic acids is 1. The van der Waals surface area contributed by atoms with Gasteiger partial charge in [-0.3, -0.25) is 9.59 Å². The maximum absolute atomic E-state index is 12.0. The largest absolute Gasteiger partial charge is 0.481 e. The van der Waals surface area contributed by atoms with Crippen molar-refractivity contribution >= 4 is 27.8 Å².